The third-order valence-corrected chi connectivity index (χ3v) is 5.05. The smallest absolute Gasteiger partial charge is 0.0985 e. The van der Waals surface area contributed by atoms with Gasteiger partial charge in [0.15, 0.2) is 0 Å². The molecule has 1 heterocycles. The zero-order valence-electron chi connectivity index (χ0n) is 12.3. The van der Waals surface area contributed by atoms with E-state index < -0.39 is 0 Å². The highest BCUT2D eigenvalue weighted by Gasteiger charge is 2.31. The fraction of sp³-hybridized carbons (Fsp3) is 0.800. The first-order valence-electron chi connectivity index (χ1n) is 7.15. The molecule has 0 radical (unpaired) electrons. The molecule has 0 spiro atoms. The summed E-state index contributed by atoms with van der Waals surface area (Å²) in [5.74, 6) is 0.756. The lowest BCUT2D eigenvalue weighted by atomic mass is 9.98. The molecule has 0 aromatic carbocycles. The molecule has 1 aromatic heterocycles. The van der Waals surface area contributed by atoms with Crippen molar-refractivity contribution in [2.75, 3.05) is 0 Å². The molecule has 1 aliphatic carbocycles. The number of thiazole rings is 1. The Bertz CT molecular complexity index is 399. The monoisotopic (exact) mass is 266 g/mol. The maximum atomic E-state index is 4.93. The van der Waals surface area contributed by atoms with Crippen molar-refractivity contribution in [3.8, 4) is 0 Å². The van der Waals surface area contributed by atoms with Crippen LogP contribution in [0.4, 0.5) is 0 Å². The largest absolute Gasteiger partial charge is 0.309 e. The first-order valence-corrected chi connectivity index (χ1v) is 7.97. The van der Waals surface area contributed by atoms with Gasteiger partial charge in [0.05, 0.1) is 10.7 Å². The van der Waals surface area contributed by atoms with Crippen molar-refractivity contribution in [1.82, 2.24) is 10.3 Å². The molecular formula is C15H26N2S. The molecule has 18 heavy (non-hydrogen) atoms. The van der Waals surface area contributed by atoms with Crippen LogP contribution in [0, 0.1) is 0 Å². The van der Waals surface area contributed by atoms with Gasteiger partial charge < -0.3 is 5.32 Å². The summed E-state index contributed by atoms with van der Waals surface area (Å²) in [6.45, 7) is 12.3. The van der Waals surface area contributed by atoms with E-state index in [-0.39, 0.29) is 5.41 Å². The Morgan fingerprint density at radius 1 is 1.39 bits per heavy atom. The standard InChI is InChI=1S/C15H26N2S/c1-6-10(2)16-9-12-13(11-7-8-11)17-14(18-12)15(3,4)5/h10-11,16H,6-9H2,1-5H3. The van der Waals surface area contributed by atoms with Crippen molar-refractivity contribution >= 4 is 11.3 Å². The van der Waals surface area contributed by atoms with E-state index in [9.17, 15) is 0 Å². The number of hydrogen-bond donors (Lipinski definition) is 1. The molecule has 1 aliphatic rings. The molecule has 1 unspecified atom stereocenters. The van der Waals surface area contributed by atoms with Crippen LogP contribution in [0.5, 0.6) is 0 Å². The first-order chi connectivity index (χ1) is 8.41. The molecule has 0 aliphatic heterocycles. The van der Waals surface area contributed by atoms with Gasteiger partial charge in [-0.15, -0.1) is 11.3 Å². The van der Waals surface area contributed by atoms with Gasteiger partial charge >= 0.3 is 0 Å². The molecule has 1 fully saturated rings. The molecule has 3 heteroatoms. The van der Waals surface area contributed by atoms with Gasteiger partial charge in [0, 0.05) is 28.8 Å². The summed E-state index contributed by atoms with van der Waals surface area (Å²) in [6, 6.07) is 0.595. The van der Waals surface area contributed by atoms with Gasteiger partial charge in [-0.2, -0.15) is 0 Å². The second kappa shape index (κ2) is 5.30. The number of aromatic nitrogens is 1. The third kappa shape index (κ3) is 3.33. The minimum Gasteiger partial charge on any atom is -0.309 e. The Kier molecular flexibility index (Phi) is 4.12. The lowest BCUT2D eigenvalue weighted by molar-refractivity contribution is 0.535. The predicted octanol–water partition coefficient (Wildman–Crippen LogP) is 4.21. The van der Waals surface area contributed by atoms with Gasteiger partial charge in [0.25, 0.3) is 0 Å². The summed E-state index contributed by atoms with van der Waals surface area (Å²) in [5, 5.41) is 4.90. The molecule has 1 aromatic rings. The van der Waals surface area contributed by atoms with Gasteiger partial charge in [0.1, 0.15) is 0 Å². The molecule has 2 rings (SSSR count). The van der Waals surface area contributed by atoms with Crippen LogP contribution in [-0.2, 0) is 12.0 Å². The van der Waals surface area contributed by atoms with E-state index in [1.807, 2.05) is 11.3 Å². The van der Waals surface area contributed by atoms with E-state index in [0.717, 1.165) is 12.5 Å². The van der Waals surface area contributed by atoms with Crippen molar-refractivity contribution in [3.63, 3.8) is 0 Å². The molecular weight excluding hydrogens is 240 g/mol. The molecule has 1 N–H and O–H groups in total. The van der Waals surface area contributed by atoms with Crippen molar-refractivity contribution in [2.24, 2.45) is 0 Å². The van der Waals surface area contributed by atoms with Gasteiger partial charge in [0.2, 0.25) is 0 Å². The number of rotatable bonds is 5. The quantitative estimate of drug-likeness (QED) is 0.863. The molecule has 0 bridgehead atoms. The van der Waals surface area contributed by atoms with Gasteiger partial charge in [-0.3, -0.25) is 0 Å². The molecule has 0 saturated heterocycles. The average molecular weight is 266 g/mol. The highest BCUT2D eigenvalue weighted by Crippen LogP contribution is 2.44. The van der Waals surface area contributed by atoms with Crippen molar-refractivity contribution in [3.05, 3.63) is 15.6 Å². The minimum atomic E-state index is 0.183. The molecule has 102 valence electrons. The highest BCUT2D eigenvalue weighted by molar-refractivity contribution is 7.11. The maximum Gasteiger partial charge on any atom is 0.0985 e. The summed E-state index contributed by atoms with van der Waals surface area (Å²) in [6.07, 6.45) is 3.86. The average Bonchev–Trinajstić information content (AvgIpc) is 3.04. The Labute approximate surface area is 115 Å². The topological polar surface area (TPSA) is 24.9 Å². The van der Waals surface area contributed by atoms with Crippen LogP contribution < -0.4 is 5.32 Å². The molecule has 1 atom stereocenters. The second-order valence-electron chi connectivity index (χ2n) is 6.54. The zero-order valence-corrected chi connectivity index (χ0v) is 13.2. The van der Waals surface area contributed by atoms with Crippen LogP contribution >= 0.6 is 11.3 Å². The Morgan fingerprint density at radius 3 is 2.56 bits per heavy atom. The summed E-state index contributed by atoms with van der Waals surface area (Å²) in [7, 11) is 0. The summed E-state index contributed by atoms with van der Waals surface area (Å²) < 4.78 is 0. The Balaban J connectivity index is 2.14. The molecule has 2 nitrogen and oxygen atoms in total. The fourth-order valence-corrected chi connectivity index (χ4v) is 3.05. The third-order valence-electron chi connectivity index (χ3n) is 3.56. The van der Waals surface area contributed by atoms with E-state index in [1.165, 1.54) is 34.8 Å². The molecule has 0 amide bonds. The Morgan fingerprint density at radius 2 is 2.06 bits per heavy atom. The van der Waals surface area contributed by atoms with Crippen molar-refractivity contribution in [2.45, 2.75) is 77.8 Å². The SMILES string of the molecule is CCC(C)NCc1sc(C(C)(C)C)nc1C1CC1. The van der Waals surface area contributed by atoms with Crippen molar-refractivity contribution in [1.29, 1.82) is 0 Å². The van der Waals surface area contributed by atoms with E-state index >= 15 is 0 Å². The second-order valence-corrected chi connectivity index (χ2v) is 7.63. The van der Waals surface area contributed by atoms with Crippen LogP contribution in [0.3, 0.4) is 0 Å². The van der Waals surface area contributed by atoms with E-state index in [1.54, 1.807) is 0 Å². The van der Waals surface area contributed by atoms with E-state index in [4.69, 9.17) is 4.98 Å². The van der Waals surface area contributed by atoms with Gasteiger partial charge in [-0.1, -0.05) is 27.7 Å². The van der Waals surface area contributed by atoms with Crippen LogP contribution in [0.1, 0.15) is 75.4 Å². The summed E-state index contributed by atoms with van der Waals surface area (Å²) in [4.78, 5) is 6.40. The fourth-order valence-electron chi connectivity index (χ4n) is 1.90. The van der Waals surface area contributed by atoms with Gasteiger partial charge in [-0.25, -0.2) is 4.98 Å². The number of nitrogens with zero attached hydrogens (tertiary/aromatic N) is 1. The number of nitrogens with one attached hydrogen (secondary N) is 1. The van der Waals surface area contributed by atoms with Crippen LogP contribution in [0.2, 0.25) is 0 Å². The lowest BCUT2D eigenvalue weighted by Crippen LogP contribution is -2.24. The van der Waals surface area contributed by atoms with Crippen LogP contribution in [-0.4, -0.2) is 11.0 Å². The summed E-state index contributed by atoms with van der Waals surface area (Å²) in [5.41, 5.74) is 1.57. The predicted molar refractivity (Wildman–Crippen MR) is 79.4 cm³/mol. The number of hydrogen-bond acceptors (Lipinski definition) is 3. The lowest BCUT2D eigenvalue weighted by Gasteiger charge is -2.13. The zero-order chi connectivity index (χ0) is 13.3. The van der Waals surface area contributed by atoms with Crippen molar-refractivity contribution < 1.29 is 0 Å². The minimum absolute atomic E-state index is 0.183. The normalized spacial score (nSPS) is 18.1. The summed E-state index contributed by atoms with van der Waals surface area (Å²) >= 11 is 1.91. The van der Waals surface area contributed by atoms with E-state index in [2.05, 4.69) is 39.9 Å². The Hall–Kier alpha value is -0.410. The first kappa shape index (κ1) is 14.0. The van der Waals surface area contributed by atoms with Crippen LogP contribution in [0.25, 0.3) is 0 Å². The van der Waals surface area contributed by atoms with Crippen LogP contribution in [0.15, 0.2) is 0 Å². The van der Waals surface area contributed by atoms with E-state index in [0.29, 0.717) is 6.04 Å². The highest BCUT2D eigenvalue weighted by atomic mass is 32.1. The van der Waals surface area contributed by atoms with Gasteiger partial charge in [-0.05, 0) is 26.2 Å². The maximum absolute atomic E-state index is 4.93. The molecule has 1 saturated carbocycles.